The van der Waals surface area contributed by atoms with Gasteiger partial charge in [0.15, 0.2) is 0 Å². The van der Waals surface area contributed by atoms with Gasteiger partial charge in [0.25, 0.3) is 17.8 Å². The zero-order chi connectivity index (χ0) is 44.8. The molecule has 9 heteroatoms. The predicted octanol–water partition coefficient (Wildman–Crippen LogP) is 15.9. The van der Waals surface area contributed by atoms with E-state index in [4.69, 9.17) is 0 Å². The van der Waals surface area contributed by atoms with Crippen LogP contribution in [0.2, 0.25) is 0 Å². The molecular formula is C54H55F9. The minimum atomic E-state index is -3.14. The lowest BCUT2D eigenvalue weighted by atomic mass is 9.67. The van der Waals surface area contributed by atoms with Crippen LogP contribution in [0.3, 0.4) is 0 Å². The molecule has 0 radical (unpaired) electrons. The van der Waals surface area contributed by atoms with Crippen LogP contribution in [0.25, 0.3) is 0 Å². The first kappa shape index (κ1) is 45.1. The van der Waals surface area contributed by atoms with Crippen LogP contribution < -0.4 is 0 Å². The summed E-state index contributed by atoms with van der Waals surface area (Å²) < 4.78 is 129. The van der Waals surface area contributed by atoms with E-state index in [1.54, 1.807) is 48.5 Å². The third-order valence-corrected chi connectivity index (χ3v) is 15.0. The maximum atomic E-state index is 14.9. The molecule has 10 rings (SSSR count). The fourth-order valence-corrected chi connectivity index (χ4v) is 11.4. The van der Waals surface area contributed by atoms with E-state index in [0.29, 0.717) is 34.2 Å². The molecule has 334 valence electrons. The van der Waals surface area contributed by atoms with Gasteiger partial charge in [-0.25, -0.2) is 39.5 Å². The Morgan fingerprint density at radius 3 is 1.10 bits per heavy atom. The first-order chi connectivity index (χ1) is 30.0. The van der Waals surface area contributed by atoms with Crippen molar-refractivity contribution in [3.63, 3.8) is 0 Å². The third-order valence-electron chi connectivity index (χ3n) is 15.0. The lowest BCUT2D eigenvalue weighted by molar-refractivity contribution is -0.0853. The highest BCUT2D eigenvalue weighted by molar-refractivity contribution is 5.45. The molecule has 0 nitrogen and oxygen atoms in total. The summed E-state index contributed by atoms with van der Waals surface area (Å²) in [6, 6.07) is 26.8. The van der Waals surface area contributed by atoms with Gasteiger partial charge in [-0.2, -0.15) is 0 Å². The van der Waals surface area contributed by atoms with E-state index >= 15 is 0 Å². The first-order valence-electron chi connectivity index (χ1n) is 22.6. The van der Waals surface area contributed by atoms with E-state index in [-0.39, 0.29) is 24.3 Å². The SMILES string of the molecule is CC1CCC(C2CCC(C3Cc4cccc(F)c4C3(F)F)CC2)CC1.Cc1ccc(C2Cc3cccc(F)c3C2(F)F)cc1.Cc1ccc(C2Cc3cccc(F)c3C2(F)F)cc1. The molecule has 0 heterocycles. The van der Waals surface area contributed by atoms with Gasteiger partial charge in [-0.1, -0.05) is 116 Å². The van der Waals surface area contributed by atoms with Crippen molar-refractivity contribution in [3.05, 3.63) is 176 Å². The Balaban J connectivity index is 0.000000132. The van der Waals surface area contributed by atoms with Crippen LogP contribution in [-0.4, -0.2) is 0 Å². The highest BCUT2D eigenvalue weighted by Crippen LogP contribution is 2.55. The number of benzene rings is 5. The first-order valence-corrected chi connectivity index (χ1v) is 22.6. The molecule has 2 fully saturated rings. The number of alkyl halides is 6. The van der Waals surface area contributed by atoms with Crippen LogP contribution in [0.15, 0.2) is 103 Å². The van der Waals surface area contributed by atoms with Crippen LogP contribution in [0.4, 0.5) is 39.5 Å². The molecule has 0 spiro atoms. The van der Waals surface area contributed by atoms with Gasteiger partial charge in [-0.15, -0.1) is 0 Å². The fraction of sp³-hybridized carbons (Fsp3) is 0.444. The molecule has 63 heavy (non-hydrogen) atoms. The average Bonchev–Trinajstić information content (AvgIpc) is 3.82. The molecule has 5 aromatic carbocycles. The minimum Gasteiger partial charge on any atom is -0.206 e. The second kappa shape index (κ2) is 17.8. The van der Waals surface area contributed by atoms with Crippen LogP contribution in [0, 0.1) is 60.9 Å². The molecule has 3 atom stereocenters. The Morgan fingerprint density at radius 1 is 0.397 bits per heavy atom. The quantitative estimate of drug-likeness (QED) is 0.158. The highest BCUT2D eigenvalue weighted by Gasteiger charge is 2.54. The molecule has 0 aromatic heterocycles. The largest absolute Gasteiger partial charge is 0.283 e. The van der Waals surface area contributed by atoms with Gasteiger partial charge in [-0.05, 0) is 141 Å². The Hall–Kier alpha value is -4.53. The summed E-state index contributed by atoms with van der Waals surface area (Å²) in [5.41, 5.74) is 3.34. The van der Waals surface area contributed by atoms with E-state index in [9.17, 15) is 39.5 Å². The van der Waals surface area contributed by atoms with Crippen molar-refractivity contribution in [2.24, 2.45) is 29.6 Å². The van der Waals surface area contributed by atoms with Crippen LogP contribution >= 0.6 is 0 Å². The van der Waals surface area contributed by atoms with Gasteiger partial charge in [0, 0.05) is 5.92 Å². The summed E-state index contributed by atoms with van der Waals surface area (Å²) >= 11 is 0. The second-order valence-electron chi connectivity index (χ2n) is 19.0. The smallest absolute Gasteiger partial charge is 0.206 e. The van der Waals surface area contributed by atoms with Gasteiger partial charge in [0.1, 0.15) is 17.5 Å². The molecule has 5 aliphatic rings. The highest BCUT2D eigenvalue weighted by atomic mass is 19.3. The van der Waals surface area contributed by atoms with Crippen LogP contribution in [0.5, 0.6) is 0 Å². The van der Waals surface area contributed by atoms with E-state index in [1.165, 1.54) is 43.9 Å². The third kappa shape index (κ3) is 8.84. The van der Waals surface area contributed by atoms with Crippen molar-refractivity contribution < 1.29 is 39.5 Å². The molecule has 3 unspecified atom stereocenters. The lowest BCUT2D eigenvalue weighted by Gasteiger charge is -2.39. The van der Waals surface area contributed by atoms with E-state index in [0.717, 1.165) is 66.7 Å². The molecule has 5 aliphatic carbocycles. The van der Waals surface area contributed by atoms with Crippen molar-refractivity contribution in [2.45, 2.75) is 121 Å². The molecule has 0 bridgehead atoms. The Labute approximate surface area is 365 Å². The summed E-state index contributed by atoms with van der Waals surface area (Å²) in [7, 11) is 0. The number of hydrogen-bond donors (Lipinski definition) is 0. The Kier molecular flexibility index (Phi) is 12.7. The van der Waals surface area contributed by atoms with E-state index < -0.39 is 64.1 Å². The van der Waals surface area contributed by atoms with E-state index in [2.05, 4.69) is 6.92 Å². The maximum Gasteiger partial charge on any atom is 0.283 e. The number of rotatable bonds is 4. The van der Waals surface area contributed by atoms with Gasteiger partial charge in [0.05, 0.1) is 28.5 Å². The summed E-state index contributed by atoms with van der Waals surface area (Å²) in [5, 5.41) is 0. The zero-order valence-electron chi connectivity index (χ0n) is 36.0. The van der Waals surface area contributed by atoms with Gasteiger partial charge in [-0.3, -0.25) is 0 Å². The van der Waals surface area contributed by atoms with Crippen molar-refractivity contribution in [2.75, 3.05) is 0 Å². The topological polar surface area (TPSA) is 0 Å². The number of hydrogen-bond acceptors (Lipinski definition) is 0. The predicted molar refractivity (Wildman–Crippen MR) is 230 cm³/mol. The number of halogens is 9. The van der Waals surface area contributed by atoms with Crippen molar-refractivity contribution in [3.8, 4) is 0 Å². The molecule has 0 N–H and O–H groups in total. The molecule has 2 saturated carbocycles. The molecule has 0 amide bonds. The monoisotopic (exact) mass is 874 g/mol. The minimum absolute atomic E-state index is 0.0422. The Morgan fingerprint density at radius 2 is 0.730 bits per heavy atom. The second-order valence-corrected chi connectivity index (χ2v) is 19.0. The average molecular weight is 875 g/mol. The maximum absolute atomic E-state index is 14.9. The van der Waals surface area contributed by atoms with E-state index in [1.807, 2.05) is 38.1 Å². The molecule has 0 aliphatic heterocycles. The Bertz CT molecular complexity index is 2260. The van der Waals surface area contributed by atoms with Crippen LogP contribution in [0.1, 0.15) is 126 Å². The summed E-state index contributed by atoms with van der Waals surface area (Å²) in [6.45, 7) is 6.15. The fourth-order valence-electron chi connectivity index (χ4n) is 11.4. The summed E-state index contributed by atoms with van der Waals surface area (Å²) in [5.74, 6) is -11.8. The van der Waals surface area contributed by atoms with Gasteiger partial charge >= 0.3 is 0 Å². The molecule has 0 saturated heterocycles. The number of aryl methyl sites for hydroxylation is 2. The van der Waals surface area contributed by atoms with Gasteiger partial charge in [0.2, 0.25) is 0 Å². The normalized spacial score (nSPS) is 27.2. The van der Waals surface area contributed by atoms with Gasteiger partial charge < -0.3 is 0 Å². The summed E-state index contributed by atoms with van der Waals surface area (Å²) in [6.07, 6.45) is 10.0. The zero-order valence-corrected chi connectivity index (χ0v) is 36.0. The van der Waals surface area contributed by atoms with Crippen molar-refractivity contribution in [1.82, 2.24) is 0 Å². The molecule has 5 aromatic rings. The summed E-state index contributed by atoms with van der Waals surface area (Å²) in [4.78, 5) is 0. The van der Waals surface area contributed by atoms with Crippen molar-refractivity contribution >= 4 is 0 Å². The number of fused-ring (bicyclic) bond motifs is 3. The molecular weight excluding hydrogens is 820 g/mol. The van der Waals surface area contributed by atoms with Crippen LogP contribution in [-0.2, 0) is 37.0 Å². The standard InChI is InChI=1S/C22H29F3.2C16H13F3/c1-14-5-7-15(8-6-14)16-9-11-17(12-10-16)19-13-18-3-2-4-20(23)21(18)22(19,24)25;2*1-10-5-7-11(8-6-10)13-9-12-3-2-4-14(17)15(12)16(13,18)19/h2-4,14-17,19H,5-13H2,1H3;2*2-8,13H,9H2,1H3. The lowest BCUT2D eigenvalue weighted by Crippen LogP contribution is -2.33. The van der Waals surface area contributed by atoms with Crippen molar-refractivity contribution in [1.29, 1.82) is 0 Å².